The van der Waals surface area contributed by atoms with E-state index in [2.05, 4.69) is 57.0 Å². The van der Waals surface area contributed by atoms with Crippen molar-refractivity contribution in [2.45, 2.75) is 44.3 Å². The second-order valence-electron chi connectivity index (χ2n) is 8.53. The van der Waals surface area contributed by atoms with Gasteiger partial charge in [0.25, 0.3) is 0 Å². The van der Waals surface area contributed by atoms with Crippen molar-refractivity contribution in [3.8, 4) is 0 Å². The largest absolute Gasteiger partial charge is 0.339 e. The Morgan fingerprint density at radius 3 is 2.44 bits per heavy atom. The molecule has 27 heavy (non-hydrogen) atoms. The Balaban J connectivity index is 1.30. The standard InChI is InChI=1S/C22H34N4O/c1-23-11-5-9-20(18-23)24-13-15-25(16-14-24)22(27)21-10-6-12-26(21)17-19-7-3-2-4-8-19/h2-4,7-8,20-21H,5-6,9-18H2,1H3. The number of rotatable bonds is 4. The molecular weight excluding hydrogens is 336 g/mol. The molecule has 3 aliphatic heterocycles. The van der Waals surface area contributed by atoms with Crippen LogP contribution in [0.3, 0.4) is 0 Å². The molecule has 0 aliphatic carbocycles. The summed E-state index contributed by atoms with van der Waals surface area (Å²) in [4.78, 5) is 22.8. The van der Waals surface area contributed by atoms with Gasteiger partial charge in [0.15, 0.2) is 0 Å². The Bertz CT molecular complexity index is 614. The van der Waals surface area contributed by atoms with Gasteiger partial charge in [-0.25, -0.2) is 0 Å². The molecule has 1 amide bonds. The monoisotopic (exact) mass is 370 g/mol. The van der Waals surface area contributed by atoms with Crippen molar-refractivity contribution in [2.75, 3.05) is 52.9 Å². The quantitative estimate of drug-likeness (QED) is 0.810. The molecule has 3 aliphatic rings. The van der Waals surface area contributed by atoms with Gasteiger partial charge in [0.2, 0.25) is 5.91 Å². The molecule has 2 unspecified atom stereocenters. The number of nitrogens with zero attached hydrogens (tertiary/aromatic N) is 4. The van der Waals surface area contributed by atoms with Crippen LogP contribution in [0.15, 0.2) is 30.3 Å². The van der Waals surface area contributed by atoms with Gasteiger partial charge >= 0.3 is 0 Å². The number of hydrogen-bond donors (Lipinski definition) is 0. The van der Waals surface area contributed by atoms with Gasteiger partial charge < -0.3 is 9.80 Å². The summed E-state index contributed by atoms with van der Waals surface area (Å²) in [5.41, 5.74) is 1.31. The molecule has 0 N–H and O–H groups in total. The number of carbonyl (C=O) groups excluding carboxylic acids is 1. The highest BCUT2D eigenvalue weighted by molar-refractivity contribution is 5.82. The van der Waals surface area contributed by atoms with E-state index in [9.17, 15) is 4.79 Å². The minimum absolute atomic E-state index is 0.0811. The predicted molar refractivity (Wildman–Crippen MR) is 109 cm³/mol. The van der Waals surface area contributed by atoms with E-state index < -0.39 is 0 Å². The number of benzene rings is 1. The van der Waals surface area contributed by atoms with Gasteiger partial charge in [-0.3, -0.25) is 14.6 Å². The second kappa shape index (κ2) is 8.72. The molecule has 3 fully saturated rings. The second-order valence-corrected chi connectivity index (χ2v) is 8.53. The van der Waals surface area contributed by atoms with Crippen LogP contribution in [0.2, 0.25) is 0 Å². The molecule has 3 saturated heterocycles. The van der Waals surface area contributed by atoms with Crippen LogP contribution in [0.4, 0.5) is 0 Å². The molecule has 1 aromatic carbocycles. The highest BCUT2D eigenvalue weighted by Crippen LogP contribution is 2.23. The first kappa shape index (κ1) is 18.9. The smallest absolute Gasteiger partial charge is 0.240 e. The molecular formula is C22H34N4O. The third-order valence-electron chi connectivity index (χ3n) is 6.62. The van der Waals surface area contributed by atoms with Crippen molar-refractivity contribution in [3.63, 3.8) is 0 Å². The van der Waals surface area contributed by atoms with Gasteiger partial charge in [0.1, 0.15) is 0 Å². The van der Waals surface area contributed by atoms with Gasteiger partial charge in [0, 0.05) is 45.3 Å². The third kappa shape index (κ3) is 4.53. The van der Waals surface area contributed by atoms with Crippen LogP contribution in [-0.4, -0.2) is 90.5 Å². The number of likely N-dealkylation sites (tertiary alicyclic amines) is 2. The number of amides is 1. The Labute approximate surface area is 163 Å². The summed E-state index contributed by atoms with van der Waals surface area (Å²) in [7, 11) is 2.23. The molecule has 5 heteroatoms. The van der Waals surface area contributed by atoms with E-state index >= 15 is 0 Å². The Kier molecular flexibility index (Phi) is 6.11. The highest BCUT2D eigenvalue weighted by Gasteiger charge is 2.35. The number of likely N-dealkylation sites (N-methyl/N-ethyl adjacent to an activating group) is 1. The molecule has 3 heterocycles. The minimum Gasteiger partial charge on any atom is -0.339 e. The van der Waals surface area contributed by atoms with Crippen LogP contribution in [0.5, 0.6) is 0 Å². The van der Waals surface area contributed by atoms with Crippen molar-refractivity contribution < 1.29 is 4.79 Å². The lowest BCUT2D eigenvalue weighted by Gasteiger charge is -2.43. The van der Waals surface area contributed by atoms with Gasteiger partial charge in [-0.1, -0.05) is 30.3 Å². The average Bonchev–Trinajstić information content (AvgIpc) is 3.16. The zero-order valence-electron chi connectivity index (χ0n) is 16.7. The van der Waals surface area contributed by atoms with Crippen LogP contribution in [0.1, 0.15) is 31.2 Å². The first-order valence-electron chi connectivity index (χ1n) is 10.7. The molecule has 5 nitrogen and oxygen atoms in total. The summed E-state index contributed by atoms with van der Waals surface area (Å²) >= 11 is 0. The van der Waals surface area contributed by atoms with Crippen LogP contribution in [0, 0.1) is 0 Å². The highest BCUT2D eigenvalue weighted by atomic mass is 16.2. The fraction of sp³-hybridized carbons (Fsp3) is 0.682. The molecule has 1 aromatic rings. The number of piperazine rings is 1. The fourth-order valence-electron chi connectivity index (χ4n) is 5.07. The predicted octanol–water partition coefficient (Wildman–Crippen LogP) is 1.89. The summed E-state index contributed by atoms with van der Waals surface area (Å²) in [6.45, 7) is 8.22. The molecule has 0 bridgehead atoms. The van der Waals surface area contributed by atoms with E-state index in [-0.39, 0.29) is 6.04 Å². The topological polar surface area (TPSA) is 30.0 Å². The van der Waals surface area contributed by atoms with E-state index in [1.54, 1.807) is 0 Å². The third-order valence-corrected chi connectivity index (χ3v) is 6.62. The lowest BCUT2D eigenvalue weighted by atomic mass is 10.0. The van der Waals surface area contributed by atoms with E-state index in [0.29, 0.717) is 11.9 Å². The minimum atomic E-state index is 0.0811. The summed E-state index contributed by atoms with van der Waals surface area (Å²) in [5, 5.41) is 0. The van der Waals surface area contributed by atoms with Crippen molar-refractivity contribution >= 4 is 5.91 Å². The fourth-order valence-corrected chi connectivity index (χ4v) is 5.07. The summed E-state index contributed by atoms with van der Waals surface area (Å²) < 4.78 is 0. The summed E-state index contributed by atoms with van der Waals surface area (Å²) in [6, 6.07) is 11.3. The Hall–Kier alpha value is -1.43. The lowest BCUT2D eigenvalue weighted by molar-refractivity contribution is -0.138. The van der Waals surface area contributed by atoms with Gasteiger partial charge in [0.05, 0.1) is 6.04 Å². The van der Waals surface area contributed by atoms with Crippen LogP contribution in [-0.2, 0) is 11.3 Å². The van der Waals surface area contributed by atoms with E-state index in [4.69, 9.17) is 0 Å². The van der Waals surface area contributed by atoms with Crippen LogP contribution >= 0.6 is 0 Å². The van der Waals surface area contributed by atoms with Gasteiger partial charge in [-0.15, -0.1) is 0 Å². The molecule has 0 saturated carbocycles. The first-order chi connectivity index (χ1) is 13.2. The molecule has 148 valence electrons. The van der Waals surface area contributed by atoms with Gasteiger partial charge in [-0.05, 0) is 51.4 Å². The number of carbonyl (C=O) groups is 1. The normalized spacial score (nSPS) is 28.6. The van der Waals surface area contributed by atoms with Gasteiger partial charge in [-0.2, -0.15) is 0 Å². The van der Waals surface area contributed by atoms with Crippen molar-refractivity contribution in [1.29, 1.82) is 0 Å². The summed E-state index contributed by atoms with van der Waals surface area (Å²) in [5.74, 6) is 0.365. The number of piperidine rings is 1. The lowest BCUT2D eigenvalue weighted by Crippen LogP contribution is -2.57. The molecule has 4 rings (SSSR count). The molecule has 0 radical (unpaired) electrons. The van der Waals surface area contributed by atoms with Crippen LogP contribution in [0.25, 0.3) is 0 Å². The maximum Gasteiger partial charge on any atom is 0.240 e. The van der Waals surface area contributed by atoms with Crippen LogP contribution < -0.4 is 0 Å². The van der Waals surface area contributed by atoms with Crippen molar-refractivity contribution in [3.05, 3.63) is 35.9 Å². The molecule has 0 aromatic heterocycles. The Morgan fingerprint density at radius 2 is 1.70 bits per heavy atom. The maximum absolute atomic E-state index is 13.2. The zero-order chi connectivity index (χ0) is 18.6. The zero-order valence-corrected chi connectivity index (χ0v) is 16.7. The molecule has 2 atom stereocenters. The van der Waals surface area contributed by atoms with E-state index in [1.165, 1.54) is 31.5 Å². The van der Waals surface area contributed by atoms with Crippen molar-refractivity contribution in [1.82, 2.24) is 19.6 Å². The number of hydrogen-bond acceptors (Lipinski definition) is 4. The maximum atomic E-state index is 13.2. The van der Waals surface area contributed by atoms with Crippen molar-refractivity contribution in [2.24, 2.45) is 0 Å². The molecule has 0 spiro atoms. The first-order valence-corrected chi connectivity index (χ1v) is 10.7. The Morgan fingerprint density at radius 1 is 0.963 bits per heavy atom. The average molecular weight is 371 g/mol. The van der Waals surface area contributed by atoms with E-state index in [0.717, 1.165) is 52.1 Å². The van der Waals surface area contributed by atoms with E-state index in [1.807, 2.05) is 0 Å². The summed E-state index contributed by atoms with van der Waals surface area (Å²) in [6.07, 6.45) is 4.76. The SMILES string of the molecule is CN1CCCC(N2CCN(C(=O)C3CCCN3Cc3ccccc3)CC2)C1.